The number of aryl methyl sites for hydroxylation is 1. The van der Waals surface area contributed by atoms with Crippen molar-refractivity contribution in [2.75, 3.05) is 0 Å². The van der Waals surface area contributed by atoms with Gasteiger partial charge in [0.2, 0.25) is 0 Å². The minimum atomic E-state index is 0.0349. The molecule has 0 fully saturated rings. The summed E-state index contributed by atoms with van der Waals surface area (Å²) in [6.45, 7) is 2.19. The van der Waals surface area contributed by atoms with E-state index in [0.717, 1.165) is 16.6 Å². The molecule has 0 amide bonds. The highest BCUT2D eigenvalue weighted by Gasteiger charge is 1.99. The number of aromatic nitrogens is 1. The first kappa shape index (κ1) is 9.46. The van der Waals surface area contributed by atoms with Crippen molar-refractivity contribution >= 4 is 21.6 Å². The number of hydrogen-bond acceptors (Lipinski definition) is 2. The first-order valence-electron chi connectivity index (χ1n) is 4.91. The van der Waals surface area contributed by atoms with Gasteiger partial charge in [-0.15, -0.1) is 0 Å². The summed E-state index contributed by atoms with van der Waals surface area (Å²) in [5.41, 5.74) is 2.29. The maximum absolute atomic E-state index is 11.1. The van der Waals surface area contributed by atoms with Crippen molar-refractivity contribution in [1.29, 1.82) is 0 Å². The van der Waals surface area contributed by atoms with Gasteiger partial charge in [-0.3, -0.25) is 4.79 Å². The average Bonchev–Trinajstić information content (AvgIpc) is 2.54. The second kappa shape index (κ2) is 3.96. The van der Waals surface area contributed by atoms with E-state index in [2.05, 4.69) is 24.0 Å². The Morgan fingerprint density at radius 2 is 2.29 bits per heavy atom. The highest BCUT2D eigenvalue weighted by atomic mass is 32.1. The van der Waals surface area contributed by atoms with Crippen molar-refractivity contribution < 1.29 is 0 Å². The zero-order chi connectivity index (χ0) is 9.97. The summed E-state index contributed by atoms with van der Waals surface area (Å²) >= 11 is 1.29. The van der Waals surface area contributed by atoms with E-state index in [0.29, 0.717) is 0 Å². The van der Waals surface area contributed by atoms with Gasteiger partial charge in [0.15, 0.2) is 0 Å². The monoisotopic (exact) mass is 207 g/mol. The summed E-state index contributed by atoms with van der Waals surface area (Å²) in [6, 6.07) is 6.21. The lowest BCUT2D eigenvalue weighted by molar-refractivity contribution is 0.796. The van der Waals surface area contributed by atoms with Crippen LogP contribution in [0.2, 0.25) is 0 Å². The lowest BCUT2D eigenvalue weighted by atomic mass is 10.1. The quantitative estimate of drug-likeness (QED) is 0.824. The van der Waals surface area contributed by atoms with Crippen molar-refractivity contribution in [2.45, 2.75) is 26.2 Å². The van der Waals surface area contributed by atoms with Crippen LogP contribution in [-0.2, 0) is 6.42 Å². The van der Waals surface area contributed by atoms with Crippen LogP contribution in [0.4, 0.5) is 0 Å². The van der Waals surface area contributed by atoms with Crippen molar-refractivity contribution in [3.05, 3.63) is 33.4 Å². The number of aromatic amines is 1. The van der Waals surface area contributed by atoms with Gasteiger partial charge in [0.1, 0.15) is 0 Å². The number of H-pyrrole nitrogens is 1. The van der Waals surface area contributed by atoms with Crippen LogP contribution >= 0.6 is 11.3 Å². The molecule has 0 saturated carbocycles. The number of nitrogens with one attached hydrogen (secondary N) is 1. The normalized spacial score (nSPS) is 10.9. The number of thiazole rings is 1. The smallest absolute Gasteiger partial charge is 0.305 e. The SMILES string of the molecule is CCCCc1ccc2[nH]c(=O)sc2c1. The lowest BCUT2D eigenvalue weighted by Crippen LogP contribution is -1.89. The minimum Gasteiger partial charge on any atom is -0.312 e. The molecule has 2 nitrogen and oxygen atoms in total. The molecule has 0 unspecified atom stereocenters. The molecule has 0 aliphatic carbocycles. The summed E-state index contributed by atoms with van der Waals surface area (Å²) in [5, 5.41) is 0. The number of hydrogen-bond donors (Lipinski definition) is 1. The molecule has 2 aromatic rings. The Kier molecular flexibility index (Phi) is 2.68. The number of unbranched alkanes of at least 4 members (excludes halogenated alkanes) is 1. The van der Waals surface area contributed by atoms with Crippen LogP contribution in [0.1, 0.15) is 25.3 Å². The van der Waals surface area contributed by atoms with Gasteiger partial charge in [0.05, 0.1) is 10.2 Å². The molecule has 0 spiro atoms. The summed E-state index contributed by atoms with van der Waals surface area (Å²) in [6.07, 6.45) is 3.53. The van der Waals surface area contributed by atoms with Crippen LogP contribution in [-0.4, -0.2) is 4.98 Å². The Bertz CT molecular complexity index is 483. The van der Waals surface area contributed by atoms with Gasteiger partial charge < -0.3 is 4.98 Å². The van der Waals surface area contributed by atoms with Gasteiger partial charge in [-0.1, -0.05) is 30.7 Å². The largest absolute Gasteiger partial charge is 0.312 e. The van der Waals surface area contributed by atoms with Crippen LogP contribution in [0.25, 0.3) is 10.2 Å². The molecular formula is C11H13NOS. The van der Waals surface area contributed by atoms with E-state index < -0.39 is 0 Å². The highest BCUT2D eigenvalue weighted by molar-refractivity contribution is 7.16. The van der Waals surface area contributed by atoms with E-state index in [1.807, 2.05) is 6.07 Å². The maximum atomic E-state index is 11.1. The van der Waals surface area contributed by atoms with Crippen molar-refractivity contribution in [3.8, 4) is 0 Å². The van der Waals surface area contributed by atoms with E-state index in [4.69, 9.17) is 0 Å². The van der Waals surface area contributed by atoms with E-state index in [-0.39, 0.29) is 4.87 Å². The molecule has 0 aliphatic heterocycles. The van der Waals surface area contributed by atoms with Crippen molar-refractivity contribution in [3.63, 3.8) is 0 Å². The summed E-state index contributed by atoms with van der Waals surface area (Å²) < 4.78 is 1.07. The Morgan fingerprint density at radius 3 is 3.07 bits per heavy atom. The average molecular weight is 207 g/mol. The van der Waals surface area contributed by atoms with Gasteiger partial charge >= 0.3 is 4.87 Å². The lowest BCUT2D eigenvalue weighted by Gasteiger charge is -1.98. The molecule has 1 aromatic heterocycles. The Labute approximate surface area is 86.6 Å². The molecule has 0 bridgehead atoms. The maximum Gasteiger partial charge on any atom is 0.305 e. The molecule has 14 heavy (non-hydrogen) atoms. The highest BCUT2D eigenvalue weighted by Crippen LogP contribution is 2.17. The second-order valence-electron chi connectivity index (χ2n) is 3.45. The minimum absolute atomic E-state index is 0.0349. The second-order valence-corrected chi connectivity index (χ2v) is 4.46. The fraction of sp³-hybridized carbons (Fsp3) is 0.364. The zero-order valence-corrected chi connectivity index (χ0v) is 8.99. The first-order valence-corrected chi connectivity index (χ1v) is 5.73. The predicted molar refractivity (Wildman–Crippen MR) is 61.1 cm³/mol. The molecule has 1 N–H and O–H groups in total. The molecule has 3 heteroatoms. The van der Waals surface area contributed by atoms with E-state index >= 15 is 0 Å². The topological polar surface area (TPSA) is 32.9 Å². The Balaban J connectivity index is 2.35. The first-order chi connectivity index (χ1) is 6.79. The van der Waals surface area contributed by atoms with Gasteiger partial charge in [-0.05, 0) is 30.5 Å². The fourth-order valence-electron chi connectivity index (χ4n) is 1.53. The van der Waals surface area contributed by atoms with E-state index in [1.54, 1.807) is 0 Å². The molecule has 0 saturated heterocycles. The predicted octanol–water partition coefficient (Wildman–Crippen LogP) is 2.93. The molecule has 0 atom stereocenters. The van der Waals surface area contributed by atoms with E-state index in [9.17, 15) is 4.79 Å². The van der Waals surface area contributed by atoms with Crippen molar-refractivity contribution in [1.82, 2.24) is 4.98 Å². The fourth-order valence-corrected chi connectivity index (χ4v) is 2.33. The zero-order valence-electron chi connectivity index (χ0n) is 8.17. The third-order valence-electron chi connectivity index (χ3n) is 2.30. The molecular weight excluding hydrogens is 194 g/mol. The summed E-state index contributed by atoms with van der Waals surface area (Å²) in [4.78, 5) is 13.9. The summed E-state index contributed by atoms with van der Waals surface area (Å²) in [7, 11) is 0. The van der Waals surface area contributed by atoms with Gasteiger partial charge in [0.25, 0.3) is 0 Å². The van der Waals surface area contributed by atoms with Crippen LogP contribution in [0.3, 0.4) is 0 Å². The molecule has 74 valence electrons. The number of benzene rings is 1. The molecule has 0 radical (unpaired) electrons. The van der Waals surface area contributed by atoms with Gasteiger partial charge in [-0.2, -0.15) is 0 Å². The summed E-state index contributed by atoms with van der Waals surface area (Å²) in [5.74, 6) is 0. The third kappa shape index (κ3) is 1.87. The molecule has 0 aliphatic rings. The van der Waals surface area contributed by atoms with E-state index in [1.165, 1.54) is 29.7 Å². The van der Waals surface area contributed by atoms with Crippen LogP contribution in [0.5, 0.6) is 0 Å². The van der Waals surface area contributed by atoms with Crippen LogP contribution in [0, 0.1) is 0 Å². The number of rotatable bonds is 3. The van der Waals surface area contributed by atoms with Crippen LogP contribution < -0.4 is 4.87 Å². The van der Waals surface area contributed by atoms with Gasteiger partial charge in [-0.25, -0.2) is 0 Å². The van der Waals surface area contributed by atoms with Gasteiger partial charge in [0, 0.05) is 0 Å². The standard InChI is InChI=1S/C11H13NOS/c1-2-3-4-8-5-6-9-10(7-8)14-11(13)12-9/h5-7H,2-4H2,1H3,(H,12,13). The third-order valence-corrected chi connectivity index (χ3v) is 3.15. The molecule has 2 rings (SSSR count). The Hall–Kier alpha value is -1.09. The van der Waals surface area contributed by atoms with Crippen LogP contribution in [0.15, 0.2) is 23.0 Å². The number of fused-ring (bicyclic) bond motifs is 1. The Morgan fingerprint density at radius 1 is 1.43 bits per heavy atom. The van der Waals surface area contributed by atoms with Crippen molar-refractivity contribution in [2.24, 2.45) is 0 Å². The molecule has 1 heterocycles. The molecule has 1 aromatic carbocycles.